The van der Waals surface area contributed by atoms with Crippen LogP contribution in [0.1, 0.15) is 5.56 Å². The minimum atomic E-state index is -0.811. The standard InChI is InChI=1S/C25H30ClN7O5/c1-36-12-13-38-25(35)33-11-10-31(22-15-21(26)29-24(30-22)32-9-8-27-17-32)16-20(33)23(34)28-7-6-18-4-3-5-19(14-18)37-2/h3-5,8-9,14-15,17,20H,6-7,10-13,16H2,1-2H3,(H,28,34). The van der Waals surface area contributed by atoms with Gasteiger partial charge in [-0.15, -0.1) is 0 Å². The highest BCUT2D eigenvalue weighted by molar-refractivity contribution is 6.29. The lowest BCUT2D eigenvalue weighted by atomic mass is 10.1. The fraction of sp³-hybridized carbons (Fsp3) is 0.400. The normalized spacial score (nSPS) is 15.3. The Kier molecular flexibility index (Phi) is 9.33. The molecule has 12 nitrogen and oxygen atoms in total. The van der Waals surface area contributed by atoms with Crippen LogP contribution in [0.4, 0.5) is 10.6 Å². The van der Waals surface area contributed by atoms with Crippen LogP contribution < -0.4 is 15.0 Å². The quantitative estimate of drug-likeness (QED) is 0.302. The van der Waals surface area contributed by atoms with E-state index in [1.54, 1.807) is 36.5 Å². The van der Waals surface area contributed by atoms with Crippen molar-refractivity contribution < 1.29 is 23.8 Å². The third-order valence-electron chi connectivity index (χ3n) is 6.01. The van der Waals surface area contributed by atoms with E-state index in [4.69, 9.17) is 25.8 Å². The van der Waals surface area contributed by atoms with E-state index in [-0.39, 0.29) is 37.4 Å². The van der Waals surface area contributed by atoms with Gasteiger partial charge in [-0.2, -0.15) is 4.98 Å². The number of carbonyl (C=O) groups excluding carboxylic acids is 2. The number of methoxy groups -OCH3 is 2. The first-order chi connectivity index (χ1) is 18.5. The van der Waals surface area contributed by atoms with Crippen molar-refractivity contribution in [3.63, 3.8) is 0 Å². The van der Waals surface area contributed by atoms with Crippen molar-refractivity contribution in [2.75, 3.05) is 58.5 Å². The number of nitrogens with zero attached hydrogens (tertiary/aromatic N) is 6. The summed E-state index contributed by atoms with van der Waals surface area (Å²) in [5, 5.41) is 3.21. The van der Waals surface area contributed by atoms with Crippen LogP contribution in [0.15, 0.2) is 49.1 Å². The molecule has 1 unspecified atom stereocenters. The van der Waals surface area contributed by atoms with E-state index < -0.39 is 12.1 Å². The van der Waals surface area contributed by atoms with Gasteiger partial charge in [0.1, 0.15) is 35.7 Å². The molecule has 1 saturated heterocycles. The molecule has 1 aliphatic heterocycles. The Hall–Kier alpha value is -3.90. The topological polar surface area (TPSA) is 124 Å². The molecular formula is C25H30ClN7O5. The average Bonchev–Trinajstić information content (AvgIpc) is 3.48. The summed E-state index contributed by atoms with van der Waals surface area (Å²) in [6, 6.07) is 8.47. The summed E-state index contributed by atoms with van der Waals surface area (Å²) in [4.78, 5) is 42.4. The number of carbonyl (C=O) groups is 2. The summed E-state index contributed by atoms with van der Waals surface area (Å²) in [5.74, 6) is 1.34. The molecule has 38 heavy (non-hydrogen) atoms. The van der Waals surface area contributed by atoms with Crippen LogP contribution in [0.2, 0.25) is 5.15 Å². The molecule has 1 aliphatic rings. The van der Waals surface area contributed by atoms with Crippen molar-refractivity contribution in [1.82, 2.24) is 29.7 Å². The number of anilines is 1. The van der Waals surface area contributed by atoms with Crippen LogP contribution in [0.5, 0.6) is 5.75 Å². The van der Waals surface area contributed by atoms with E-state index in [1.807, 2.05) is 29.2 Å². The van der Waals surface area contributed by atoms with Crippen LogP contribution in [0.3, 0.4) is 0 Å². The number of ether oxygens (including phenoxy) is 3. The Morgan fingerprint density at radius 2 is 2.03 bits per heavy atom. The predicted molar refractivity (Wildman–Crippen MR) is 140 cm³/mol. The Balaban J connectivity index is 1.48. The zero-order valence-electron chi connectivity index (χ0n) is 21.2. The van der Waals surface area contributed by atoms with Gasteiger partial charge >= 0.3 is 6.09 Å². The monoisotopic (exact) mass is 543 g/mol. The first-order valence-corrected chi connectivity index (χ1v) is 12.5. The number of piperazine rings is 1. The molecular weight excluding hydrogens is 514 g/mol. The average molecular weight is 544 g/mol. The minimum absolute atomic E-state index is 0.0928. The first-order valence-electron chi connectivity index (χ1n) is 12.1. The van der Waals surface area contributed by atoms with E-state index in [9.17, 15) is 9.59 Å². The lowest BCUT2D eigenvalue weighted by Crippen LogP contribution is -2.61. The van der Waals surface area contributed by atoms with E-state index in [2.05, 4.69) is 20.3 Å². The number of hydrogen-bond donors (Lipinski definition) is 1. The fourth-order valence-corrected chi connectivity index (χ4v) is 4.23. The lowest BCUT2D eigenvalue weighted by molar-refractivity contribution is -0.126. The van der Waals surface area contributed by atoms with E-state index in [1.165, 1.54) is 12.0 Å². The smallest absolute Gasteiger partial charge is 0.410 e. The Bertz CT molecular complexity index is 1230. The van der Waals surface area contributed by atoms with Crippen LogP contribution >= 0.6 is 11.6 Å². The van der Waals surface area contributed by atoms with Gasteiger partial charge in [0.15, 0.2) is 0 Å². The van der Waals surface area contributed by atoms with Gasteiger partial charge in [0.05, 0.1) is 13.7 Å². The summed E-state index contributed by atoms with van der Waals surface area (Å²) in [6.45, 7) is 1.61. The maximum absolute atomic E-state index is 13.3. The van der Waals surface area contributed by atoms with E-state index in [0.29, 0.717) is 31.3 Å². The maximum atomic E-state index is 13.3. The molecule has 3 heterocycles. The molecule has 0 aliphatic carbocycles. The summed E-state index contributed by atoms with van der Waals surface area (Å²) < 4.78 is 17.2. The Morgan fingerprint density at radius 1 is 1.16 bits per heavy atom. The molecule has 1 N–H and O–H groups in total. The van der Waals surface area contributed by atoms with Crippen molar-refractivity contribution >= 4 is 29.4 Å². The van der Waals surface area contributed by atoms with Crippen molar-refractivity contribution in [2.24, 2.45) is 0 Å². The van der Waals surface area contributed by atoms with Crippen LogP contribution in [-0.2, 0) is 20.7 Å². The number of aromatic nitrogens is 4. The van der Waals surface area contributed by atoms with Crippen LogP contribution in [0, 0.1) is 0 Å². The molecule has 0 spiro atoms. The van der Waals surface area contributed by atoms with Gasteiger partial charge in [-0.05, 0) is 24.1 Å². The highest BCUT2D eigenvalue weighted by Crippen LogP contribution is 2.22. The predicted octanol–water partition coefficient (Wildman–Crippen LogP) is 1.96. The summed E-state index contributed by atoms with van der Waals surface area (Å²) in [5.41, 5.74) is 1.02. The van der Waals surface area contributed by atoms with Gasteiger partial charge in [0.25, 0.3) is 0 Å². The number of amides is 2. The number of rotatable bonds is 10. The zero-order chi connectivity index (χ0) is 26.9. The van der Waals surface area contributed by atoms with E-state index in [0.717, 1.165) is 11.3 Å². The lowest BCUT2D eigenvalue weighted by Gasteiger charge is -2.40. The van der Waals surface area contributed by atoms with Gasteiger partial charge in [0, 0.05) is 51.7 Å². The largest absolute Gasteiger partial charge is 0.497 e. The van der Waals surface area contributed by atoms with Gasteiger partial charge in [-0.25, -0.2) is 14.8 Å². The highest BCUT2D eigenvalue weighted by Gasteiger charge is 2.37. The number of imidazole rings is 1. The zero-order valence-corrected chi connectivity index (χ0v) is 22.0. The third kappa shape index (κ3) is 6.90. The van der Waals surface area contributed by atoms with Gasteiger partial charge in [-0.1, -0.05) is 23.7 Å². The summed E-state index contributed by atoms with van der Waals surface area (Å²) >= 11 is 6.29. The molecule has 2 aromatic heterocycles. The van der Waals surface area contributed by atoms with Crippen LogP contribution in [-0.4, -0.2) is 96.1 Å². The second-order valence-corrected chi connectivity index (χ2v) is 8.86. The van der Waals surface area contributed by atoms with Gasteiger partial charge in [0.2, 0.25) is 11.9 Å². The highest BCUT2D eigenvalue weighted by atomic mass is 35.5. The maximum Gasteiger partial charge on any atom is 0.410 e. The Labute approximate surface area is 225 Å². The summed E-state index contributed by atoms with van der Waals surface area (Å²) in [6.07, 6.45) is 4.93. The third-order valence-corrected chi connectivity index (χ3v) is 6.20. The molecule has 1 aromatic carbocycles. The molecule has 0 saturated carbocycles. The molecule has 0 radical (unpaired) electrons. The number of nitrogens with one attached hydrogen (secondary N) is 1. The van der Waals surface area contributed by atoms with Crippen molar-refractivity contribution in [3.8, 4) is 11.7 Å². The van der Waals surface area contributed by atoms with Gasteiger partial charge < -0.3 is 24.4 Å². The first kappa shape index (κ1) is 27.1. The molecule has 2 amide bonds. The number of hydrogen-bond acceptors (Lipinski definition) is 9. The van der Waals surface area contributed by atoms with Gasteiger partial charge in [-0.3, -0.25) is 14.3 Å². The van der Waals surface area contributed by atoms with Crippen molar-refractivity contribution in [3.05, 3.63) is 59.8 Å². The van der Waals surface area contributed by atoms with Crippen LogP contribution in [0.25, 0.3) is 5.95 Å². The molecule has 13 heteroatoms. The molecule has 0 bridgehead atoms. The SMILES string of the molecule is COCCOC(=O)N1CCN(c2cc(Cl)nc(-n3ccnc3)n2)CC1C(=O)NCCc1cccc(OC)c1. The molecule has 202 valence electrons. The van der Waals surface area contributed by atoms with E-state index >= 15 is 0 Å². The molecule has 1 fully saturated rings. The second kappa shape index (κ2) is 13.1. The minimum Gasteiger partial charge on any atom is -0.497 e. The van der Waals surface area contributed by atoms with Crippen molar-refractivity contribution in [2.45, 2.75) is 12.5 Å². The fourth-order valence-electron chi connectivity index (χ4n) is 4.05. The molecule has 1 atom stereocenters. The van der Waals surface area contributed by atoms with Crippen molar-refractivity contribution in [1.29, 1.82) is 0 Å². The number of benzene rings is 1. The Morgan fingerprint density at radius 3 is 2.79 bits per heavy atom. The number of halogens is 1. The molecule has 4 rings (SSSR count). The molecule has 3 aromatic rings. The second-order valence-electron chi connectivity index (χ2n) is 8.47. The summed E-state index contributed by atoms with van der Waals surface area (Å²) in [7, 11) is 3.13.